The average molecular weight is 614 g/mol. The van der Waals surface area contributed by atoms with Gasteiger partial charge in [0, 0.05) is 29.4 Å². The van der Waals surface area contributed by atoms with Gasteiger partial charge in [-0.05, 0) is 63.2 Å². The van der Waals surface area contributed by atoms with Crippen molar-refractivity contribution in [3.63, 3.8) is 0 Å². The molecule has 11 nitrogen and oxygen atoms in total. The standard InChI is InChI=1S/C33H32FN5O6/c1-19(44-33(42)20(2)35)18-38-21(3)30(32(41)39(38)23-8-6-5-7-9-23)31(40)37-22-10-13-29(26(34)16-22)45-28-14-15-36-27-17-24(43-4)11-12-25(27)28/h5-17,19-20H,18,35H2,1-4H3,(H,37,40)/t19-,20?/m1/s1. The van der Waals surface area contributed by atoms with Gasteiger partial charge >= 0.3 is 5.97 Å². The minimum Gasteiger partial charge on any atom is -0.497 e. The maximum atomic E-state index is 15.2. The summed E-state index contributed by atoms with van der Waals surface area (Å²) >= 11 is 0. The highest BCUT2D eigenvalue weighted by Crippen LogP contribution is 2.33. The van der Waals surface area contributed by atoms with Crippen molar-refractivity contribution < 1.29 is 28.2 Å². The second-order valence-corrected chi connectivity index (χ2v) is 10.4. The Hall–Kier alpha value is -5.49. The van der Waals surface area contributed by atoms with Crippen LogP contribution in [0.25, 0.3) is 16.6 Å². The predicted molar refractivity (Wildman–Crippen MR) is 167 cm³/mol. The monoisotopic (exact) mass is 613 g/mol. The highest BCUT2D eigenvalue weighted by molar-refractivity contribution is 6.05. The second-order valence-electron chi connectivity index (χ2n) is 10.4. The molecule has 3 aromatic carbocycles. The fourth-order valence-corrected chi connectivity index (χ4v) is 4.83. The maximum Gasteiger partial charge on any atom is 0.322 e. The number of pyridine rings is 1. The van der Waals surface area contributed by atoms with E-state index in [1.165, 1.54) is 23.7 Å². The third-order valence-electron chi connectivity index (χ3n) is 7.06. The number of anilines is 1. The van der Waals surface area contributed by atoms with Gasteiger partial charge in [-0.2, -0.15) is 0 Å². The van der Waals surface area contributed by atoms with Gasteiger partial charge in [0.1, 0.15) is 29.2 Å². The molecule has 0 saturated heterocycles. The van der Waals surface area contributed by atoms with E-state index in [9.17, 15) is 14.4 Å². The van der Waals surface area contributed by atoms with Gasteiger partial charge in [0.05, 0.1) is 30.6 Å². The first kappa shape index (κ1) is 31.0. The van der Waals surface area contributed by atoms with Gasteiger partial charge in [0.15, 0.2) is 11.6 Å². The molecule has 0 fully saturated rings. The summed E-state index contributed by atoms with van der Waals surface area (Å²) in [6.07, 6.45) is 0.880. The largest absolute Gasteiger partial charge is 0.497 e. The summed E-state index contributed by atoms with van der Waals surface area (Å²) < 4.78 is 34.6. The topological polar surface area (TPSA) is 140 Å². The normalized spacial score (nSPS) is 12.4. The zero-order valence-corrected chi connectivity index (χ0v) is 25.1. The summed E-state index contributed by atoms with van der Waals surface area (Å²) in [5.41, 5.74) is 6.45. The number of fused-ring (bicyclic) bond motifs is 1. The number of amides is 1. The Morgan fingerprint density at radius 1 is 1.02 bits per heavy atom. The lowest BCUT2D eigenvalue weighted by molar-refractivity contribution is -0.150. The molecule has 0 saturated carbocycles. The number of ether oxygens (including phenoxy) is 3. The van der Waals surface area contributed by atoms with Gasteiger partial charge in [-0.25, -0.2) is 9.07 Å². The number of hydrogen-bond donors (Lipinski definition) is 2. The number of methoxy groups -OCH3 is 1. The van der Waals surface area contributed by atoms with Crippen molar-refractivity contribution in [2.24, 2.45) is 5.73 Å². The van der Waals surface area contributed by atoms with E-state index < -0.39 is 35.4 Å². The molecule has 0 spiro atoms. The number of esters is 1. The Balaban J connectivity index is 1.41. The van der Waals surface area contributed by atoms with Crippen LogP contribution in [0.3, 0.4) is 0 Å². The molecule has 1 unspecified atom stereocenters. The van der Waals surface area contributed by atoms with Crippen LogP contribution >= 0.6 is 0 Å². The molecule has 12 heteroatoms. The van der Waals surface area contributed by atoms with Crippen molar-refractivity contribution in [1.82, 2.24) is 14.3 Å². The molecule has 0 radical (unpaired) electrons. The number of nitrogens with two attached hydrogens (primary N) is 1. The van der Waals surface area contributed by atoms with E-state index in [-0.39, 0.29) is 23.5 Å². The SMILES string of the molecule is COc1ccc2c(Oc3ccc(NC(=O)c4c(C)n(C[C@@H](C)OC(=O)C(C)N)n(-c5ccccc5)c4=O)cc3F)ccnc2c1. The smallest absolute Gasteiger partial charge is 0.322 e. The maximum absolute atomic E-state index is 15.2. The molecule has 0 aliphatic heterocycles. The van der Waals surface area contributed by atoms with Crippen LogP contribution in [0.15, 0.2) is 83.8 Å². The molecule has 5 rings (SSSR count). The molecule has 0 aliphatic rings. The van der Waals surface area contributed by atoms with Crippen molar-refractivity contribution in [2.75, 3.05) is 12.4 Å². The molecule has 0 bridgehead atoms. The molecule has 0 aliphatic carbocycles. The number of hydrogen-bond acceptors (Lipinski definition) is 8. The van der Waals surface area contributed by atoms with Gasteiger partial charge in [0.25, 0.3) is 11.5 Å². The fourth-order valence-electron chi connectivity index (χ4n) is 4.83. The van der Waals surface area contributed by atoms with Crippen molar-refractivity contribution in [3.05, 3.63) is 106 Å². The Bertz CT molecular complexity index is 1940. The van der Waals surface area contributed by atoms with Crippen molar-refractivity contribution in [1.29, 1.82) is 0 Å². The second kappa shape index (κ2) is 13.0. The summed E-state index contributed by atoms with van der Waals surface area (Å²) in [6, 6.07) is 18.8. The highest BCUT2D eigenvalue weighted by atomic mass is 19.1. The van der Waals surface area contributed by atoms with Crippen LogP contribution in [-0.2, 0) is 16.1 Å². The molecular weight excluding hydrogens is 581 g/mol. The van der Waals surface area contributed by atoms with Gasteiger partial charge in [0.2, 0.25) is 0 Å². The number of benzene rings is 3. The summed E-state index contributed by atoms with van der Waals surface area (Å²) in [5, 5.41) is 3.28. The van der Waals surface area contributed by atoms with E-state index >= 15 is 4.39 Å². The Morgan fingerprint density at radius 2 is 1.78 bits per heavy atom. The van der Waals surface area contributed by atoms with E-state index in [1.807, 2.05) is 0 Å². The first-order valence-corrected chi connectivity index (χ1v) is 14.1. The molecule has 2 atom stereocenters. The van der Waals surface area contributed by atoms with Crippen LogP contribution in [0.2, 0.25) is 0 Å². The first-order chi connectivity index (χ1) is 21.6. The van der Waals surface area contributed by atoms with Crippen LogP contribution < -0.4 is 26.1 Å². The minimum absolute atomic E-state index is 0.0683. The number of carbonyl (C=O) groups is 2. The number of aromatic nitrogens is 3. The molecule has 5 aromatic rings. The summed E-state index contributed by atoms with van der Waals surface area (Å²) in [7, 11) is 1.55. The van der Waals surface area contributed by atoms with E-state index in [0.29, 0.717) is 33.8 Å². The number of nitrogens with zero attached hydrogens (tertiary/aromatic N) is 3. The zero-order chi connectivity index (χ0) is 32.2. The Morgan fingerprint density at radius 3 is 2.47 bits per heavy atom. The van der Waals surface area contributed by atoms with Crippen LogP contribution in [0, 0.1) is 12.7 Å². The number of para-hydroxylation sites is 1. The van der Waals surface area contributed by atoms with Crippen molar-refractivity contribution in [2.45, 2.75) is 39.5 Å². The van der Waals surface area contributed by atoms with Gasteiger partial charge < -0.3 is 25.3 Å². The molecule has 1 amide bonds. The third-order valence-corrected chi connectivity index (χ3v) is 7.06. The predicted octanol–water partition coefficient (Wildman–Crippen LogP) is 4.97. The highest BCUT2D eigenvalue weighted by Gasteiger charge is 2.26. The Kier molecular flexibility index (Phi) is 8.96. The lowest BCUT2D eigenvalue weighted by atomic mass is 10.2. The number of rotatable bonds is 10. The number of nitrogens with one attached hydrogen (secondary N) is 1. The summed E-state index contributed by atoms with van der Waals surface area (Å²) in [6.45, 7) is 4.86. The zero-order valence-electron chi connectivity index (χ0n) is 25.1. The fraction of sp³-hybridized carbons (Fsp3) is 0.212. The van der Waals surface area contributed by atoms with Crippen LogP contribution in [0.4, 0.5) is 10.1 Å². The van der Waals surface area contributed by atoms with Crippen LogP contribution in [-0.4, -0.2) is 45.5 Å². The number of carbonyl (C=O) groups excluding carboxylic acids is 2. The van der Waals surface area contributed by atoms with Crippen LogP contribution in [0.5, 0.6) is 17.2 Å². The van der Waals surface area contributed by atoms with Crippen LogP contribution in [0.1, 0.15) is 29.9 Å². The minimum atomic E-state index is -0.818. The lowest BCUT2D eigenvalue weighted by Crippen LogP contribution is -2.34. The molecule has 232 valence electrons. The molecular formula is C33H32FN5O6. The van der Waals surface area contributed by atoms with E-state index in [1.54, 1.807) is 86.4 Å². The quantitative estimate of drug-likeness (QED) is 0.211. The van der Waals surface area contributed by atoms with Gasteiger partial charge in [-0.1, -0.05) is 18.2 Å². The van der Waals surface area contributed by atoms with Crippen molar-refractivity contribution >= 4 is 28.5 Å². The lowest BCUT2D eigenvalue weighted by Gasteiger charge is -2.19. The molecule has 2 heterocycles. The average Bonchev–Trinajstić information content (AvgIpc) is 3.26. The molecule has 2 aromatic heterocycles. The summed E-state index contributed by atoms with van der Waals surface area (Å²) in [4.78, 5) is 43.5. The van der Waals surface area contributed by atoms with E-state index in [2.05, 4.69) is 10.3 Å². The third kappa shape index (κ3) is 6.55. The Labute approximate surface area is 257 Å². The summed E-state index contributed by atoms with van der Waals surface area (Å²) in [5.74, 6) is -1.11. The van der Waals surface area contributed by atoms with Gasteiger partial charge in [-0.15, -0.1) is 0 Å². The first-order valence-electron chi connectivity index (χ1n) is 14.1. The number of halogens is 1. The van der Waals surface area contributed by atoms with E-state index in [4.69, 9.17) is 19.9 Å². The van der Waals surface area contributed by atoms with Crippen molar-refractivity contribution in [3.8, 4) is 22.9 Å². The molecule has 45 heavy (non-hydrogen) atoms. The van der Waals surface area contributed by atoms with Gasteiger partial charge in [-0.3, -0.25) is 24.0 Å². The molecule has 3 N–H and O–H groups in total. The van der Waals surface area contributed by atoms with E-state index in [0.717, 1.165) is 6.07 Å².